The standard InChI is InChI=1S/C13H24N2O2/c1-4-11-12-6-5-10(2)15(12)8-7-14(11)9-13(16)17-3/h10-12H,4-9H2,1-3H3/p+1. The summed E-state index contributed by atoms with van der Waals surface area (Å²) in [5, 5.41) is 0. The van der Waals surface area contributed by atoms with Crippen molar-refractivity contribution in [2.75, 3.05) is 26.7 Å². The van der Waals surface area contributed by atoms with Crippen LogP contribution in [-0.2, 0) is 9.53 Å². The van der Waals surface area contributed by atoms with Crippen molar-refractivity contribution in [3.8, 4) is 0 Å². The van der Waals surface area contributed by atoms with Gasteiger partial charge in [-0.2, -0.15) is 0 Å². The average Bonchev–Trinajstić information content (AvgIpc) is 2.71. The fourth-order valence-corrected chi connectivity index (χ4v) is 3.66. The molecule has 0 aromatic carbocycles. The van der Waals surface area contributed by atoms with Gasteiger partial charge >= 0.3 is 5.97 Å². The number of carbonyl (C=O) groups excluding carboxylic acids is 1. The number of carbonyl (C=O) groups is 1. The van der Waals surface area contributed by atoms with Gasteiger partial charge in [-0.1, -0.05) is 6.92 Å². The van der Waals surface area contributed by atoms with Crippen molar-refractivity contribution >= 4 is 5.97 Å². The van der Waals surface area contributed by atoms with E-state index in [1.807, 2.05) is 0 Å². The summed E-state index contributed by atoms with van der Waals surface area (Å²) in [6.45, 7) is 7.32. The third kappa shape index (κ3) is 2.47. The normalized spacial score (nSPS) is 37.8. The Morgan fingerprint density at radius 3 is 2.88 bits per heavy atom. The lowest BCUT2D eigenvalue weighted by Crippen LogP contribution is -3.20. The molecule has 1 N–H and O–H groups in total. The number of quaternary nitrogens is 1. The van der Waals surface area contributed by atoms with Crippen LogP contribution in [0, 0.1) is 0 Å². The fourth-order valence-electron chi connectivity index (χ4n) is 3.66. The van der Waals surface area contributed by atoms with E-state index in [1.165, 1.54) is 24.9 Å². The Balaban J connectivity index is 2.03. The molecule has 2 aliphatic rings. The van der Waals surface area contributed by atoms with E-state index in [-0.39, 0.29) is 5.97 Å². The van der Waals surface area contributed by atoms with Gasteiger partial charge in [-0.15, -0.1) is 0 Å². The number of esters is 1. The van der Waals surface area contributed by atoms with Crippen molar-refractivity contribution in [1.82, 2.24) is 4.90 Å². The second-order valence-electron chi connectivity index (χ2n) is 5.41. The van der Waals surface area contributed by atoms with Gasteiger partial charge in [-0.05, 0) is 26.2 Å². The zero-order chi connectivity index (χ0) is 12.4. The summed E-state index contributed by atoms with van der Waals surface area (Å²) in [6.07, 6.45) is 3.76. The summed E-state index contributed by atoms with van der Waals surface area (Å²) < 4.78 is 4.80. The number of nitrogens with zero attached hydrogens (tertiary/aromatic N) is 1. The van der Waals surface area contributed by atoms with Crippen LogP contribution in [0.3, 0.4) is 0 Å². The zero-order valence-corrected chi connectivity index (χ0v) is 11.2. The molecule has 2 heterocycles. The number of hydrogen-bond acceptors (Lipinski definition) is 3. The van der Waals surface area contributed by atoms with Crippen molar-refractivity contribution in [1.29, 1.82) is 0 Å². The molecule has 4 heteroatoms. The van der Waals surface area contributed by atoms with Crippen LogP contribution >= 0.6 is 0 Å². The summed E-state index contributed by atoms with van der Waals surface area (Å²) >= 11 is 0. The Hall–Kier alpha value is -0.610. The first-order valence-corrected chi connectivity index (χ1v) is 6.84. The molecule has 2 rings (SSSR count). The Bertz CT molecular complexity index is 283. The summed E-state index contributed by atoms with van der Waals surface area (Å²) in [7, 11) is 1.48. The highest BCUT2D eigenvalue weighted by atomic mass is 16.5. The van der Waals surface area contributed by atoms with Gasteiger partial charge in [-0.3, -0.25) is 4.90 Å². The summed E-state index contributed by atoms with van der Waals surface area (Å²) in [5.74, 6) is -0.0713. The molecule has 4 unspecified atom stereocenters. The van der Waals surface area contributed by atoms with E-state index >= 15 is 0 Å². The maximum atomic E-state index is 11.4. The Kier molecular flexibility index (Phi) is 4.05. The lowest BCUT2D eigenvalue weighted by Gasteiger charge is -2.42. The van der Waals surface area contributed by atoms with Crippen molar-refractivity contribution < 1.29 is 14.4 Å². The van der Waals surface area contributed by atoms with Crippen molar-refractivity contribution in [2.45, 2.75) is 51.2 Å². The maximum Gasteiger partial charge on any atom is 0.361 e. The van der Waals surface area contributed by atoms with Gasteiger partial charge < -0.3 is 9.64 Å². The third-order valence-electron chi connectivity index (χ3n) is 4.59. The van der Waals surface area contributed by atoms with Crippen LogP contribution in [0.25, 0.3) is 0 Å². The number of fused-ring (bicyclic) bond motifs is 1. The minimum absolute atomic E-state index is 0.0713. The maximum absolute atomic E-state index is 11.4. The van der Waals surface area contributed by atoms with E-state index in [2.05, 4.69) is 18.7 Å². The number of ether oxygens (including phenoxy) is 1. The van der Waals surface area contributed by atoms with Gasteiger partial charge in [0.15, 0.2) is 6.54 Å². The molecule has 2 fully saturated rings. The molecule has 4 nitrogen and oxygen atoms in total. The van der Waals surface area contributed by atoms with E-state index in [0.717, 1.165) is 25.6 Å². The highest BCUT2D eigenvalue weighted by molar-refractivity contribution is 5.70. The molecule has 0 aromatic heterocycles. The Morgan fingerprint density at radius 1 is 1.47 bits per heavy atom. The smallest absolute Gasteiger partial charge is 0.361 e. The van der Waals surface area contributed by atoms with Crippen LogP contribution < -0.4 is 4.90 Å². The molecular weight excluding hydrogens is 216 g/mol. The minimum Gasteiger partial charge on any atom is -0.465 e. The first-order valence-electron chi connectivity index (χ1n) is 6.84. The minimum atomic E-state index is -0.0713. The monoisotopic (exact) mass is 241 g/mol. The number of rotatable bonds is 3. The molecule has 0 aliphatic carbocycles. The second kappa shape index (κ2) is 5.36. The molecule has 0 spiro atoms. The zero-order valence-electron chi connectivity index (χ0n) is 11.2. The van der Waals surface area contributed by atoms with Gasteiger partial charge in [-0.25, -0.2) is 4.79 Å². The lowest BCUT2D eigenvalue weighted by molar-refractivity contribution is -0.926. The van der Waals surface area contributed by atoms with E-state index in [9.17, 15) is 4.79 Å². The summed E-state index contributed by atoms with van der Waals surface area (Å²) in [5.41, 5.74) is 0. The summed E-state index contributed by atoms with van der Waals surface area (Å²) in [6, 6.07) is 2.02. The molecule has 2 aliphatic heterocycles. The molecule has 2 saturated heterocycles. The molecule has 17 heavy (non-hydrogen) atoms. The highest BCUT2D eigenvalue weighted by Crippen LogP contribution is 2.27. The number of piperazine rings is 1. The van der Waals surface area contributed by atoms with Gasteiger partial charge in [0, 0.05) is 12.6 Å². The molecule has 0 aromatic rings. The average molecular weight is 241 g/mol. The van der Waals surface area contributed by atoms with Crippen LogP contribution in [0.2, 0.25) is 0 Å². The predicted molar refractivity (Wildman–Crippen MR) is 66.0 cm³/mol. The second-order valence-corrected chi connectivity index (χ2v) is 5.41. The first-order chi connectivity index (χ1) is 8.17. The number of nitrogens with one attached hydrogen (secondary N) is 1. The van der Waals surface area contributed by atoms with Crippen LogP contribution in [-0.4, -0.2) is 55.7 Å². The van der Waals surface area contributed by atoms with Crippen LogP contribution in [0.1, 0.15) is 33.1 Å². The molecule has 98 valence electrons. The molecule has 0 amide bonds. The molecule has 0 saturated carbocycles. The topological polar surface area (TPSA) is 34.0 Å². The largest absolute Gasteiger partial charge is 0.465 e. The van der Waals surface area contributed by atoms with Crippen LogP contribution in [0.4, 0.5) is 0 Å². The van der Waals surface area contributed by atoms with Gasteiger partial charge in [0.25, 0.3) is 0 Å². The SMILES string of the molecule is CCC1C2CCC(C)N2CC[NH+]1CC(=O)OC. The lowest BCUT2D eigenvalue weighted by atomic mass is 9.99. The van der Waals surface area contributed by atoms with Crippen molar-refractivity contribution in [3.63, 3.8) is 0 Å². The first kappa shape index (κ1) is 12.8. The van der Waals surface area contributed by atoms with E-state index in [1.54, 1.807) is 0 Å². The Morgan fingerprint density at radius 2 is 2.24 bits per heavy atom. The molecular formula is C13H25N2O2+. The predicted octanol–water partition coefficient (Wildman–Crippen LogP) is -0.311. The molecule has 0 radical (unpaired) electrons. The van der Waals surface area contributed by atoms with Crippen LogP contribution in [0.5, 0.6) is 0 Å². The van der Waals surface area contributed by atoms with Crippen LogP contribution in [0.15, 0.2) is 0 Å². The van der Waals surface area contributed by atoms with E-state index in [4.69, 9.17) is 4.74 Å². The van der Waals surface area contributed by atoms with E-state index in [0.29, 0.717) is 18.6 Å². The highest BCUT2D eigenvalue weighted by Gasteiger charge is 2.44. The Labute approximate surface area is 104 Å². The third-order valence-corrected chi connectivity index (χ3v) is 4.59. The van der Waals surface area contributed by atoms with Crippen molar-refractivity contribution in [3.05, 3.63) is 0 Å². The molecule has 0 bridgehead atoms. The van der Waals surface area contributed by atoms with Gasteiger partial charge in [0.05, 0.1) is 19.7 Å². The summed E-state index contributed by atoms with van der Waals surface area (Å²) in [4.78, 5) is 15.5. The van der Waals surface area contributed by atoms with Gasteiger partial charge in [0.1, 0.15) is 6.04 Å². The number of hydrogen-bond donors (Lipinski definition) is 1. The number of methoxy groups -OCH3 is 1. The fraction of sp³-hybridized carbons (Fsp3) is 0.923. The van der Waals surface area contributed by atoms with Gasteiger partial charge in [0.2, 0.25) is 0 Å². The van der Waals surface area contributed by atoms with Crippen molar-refractivity contribution in [2.24, 2.45) is 0 Å². The quantitative estimate of drug-likeness (QED) is 0.688. The molecule has 4 atom stereocenters. The van der Waals surface area contributed by atoms with E-state index < -0.39 is 0 Å².